The van der Waals surface area contributed by atoms with Gasteiger partial charge in [-0.1, -0.05) is 17.7 Å². The quantitative estimate of drug-likeness (QED) is 0.623. The van der Waals surface area contributed by atoms with Gasteiger partial charge in [0.15, 0.2) is 0 Å². The fourth-order valence-electron chi connectivity index (χ4n) is 0.710. The molecule has 0 saturated heterocycles. The van der Waals surface area contributed by atoms with Crippen molar-refractivity contribution in [3.8, 4) is 0 Å². The van der Waals surface area contributed by atoms with Crippen molar-refractivity contribution in [3.63, 3.8) is 0 Å². The van der Waals surface area contributed by atoms with Gasteiger partial charge in [-0.05, 0) is 19.1 Å². The van der Waals surface area contributed by atoms with Gasteiger partial charge in [-0.2, -0.15) is 8.42 Å². The number of benzene rings is 1. The van der Waals surface area contributed by atoms with Crippen molar-refractivity contribution in [2.24, 2.45) is 0 Å². The Balaban J connectivity index is 0. The number of hydrogen-bond acceptors (Lipinski definition) is 2. The third-order valence-corrected chi connectivity index (χ3v) is 2.19. The van der Waals surface area contributed by atoms with Crippen LogP contribution in [0.15, 0.2) is 29.2 Å². The van der Waals surface area contributed by atoms with Crippen LogP contribution >= 0.6 is 0 Å². The fraction of sp³-hybridized carbons (Fsp3) is 0.143. The summed E-state index contributed by atoms with van der Waals surface area (Å²) in [6.07, 6.45) is 0. The Labute approximate surface area is 98.6 Å². The van der Waals surface area contributed by atoms with E-state index >= 15 is 0 Å². The smallest absolute Gasteiger partial charge is 0.282 e. The average molecular weight is 284 g/mol. The Kier molecular flexibility index (Phi) is 6.98. The van der Waals surface area contributed by atoms with Crippen molar-refractivity contribution < 1.29 is 47.1 Å². The van der Waals surface area contributed by atoms with Crippen molar-refractivity contribution in [2.75, 3.05) is 0 Å². The monoisotopic (exact) mass is 284 g/mol. The Hall–Kier alpha value is 0.169. The molecule has 0 spiro atoms. The SMILES string of the molecule is Cc1ccc(S(=O)(=O)O)cc1.[Fe].[Fe]. The molecule has 0 unspecified atom stereocenters. The van der Waals surface area contributed by atoms with Crippen LogP contribution in [-0.2, 0) is 44.3 Å². The maximum atomic E-state index is 10.5. The normalized spacial score (nSPS) is 9.69. The summed E-state index contributed by atoms with van der Waals surface area (Å²) in [5.74, 6) is 0. The molecule has 0 aliphatic rings. The van der Waals surface area contributed by atoms with Crippen LogP contribution in [0.25, 0.3) is 0 Å². The van der Waals surface area contributed by atoms with Gasteiger partial charge >= 0.3 is 0 Å². The molecule has 1 rings (SSSR count). The van der Waals surface area contributed by atoms with E-state index in [1.54, 1.807) is 12.1 Å². The van der Waals surface area contributed by atoms with Crippen LogP contribution in [0, 0.1) is 6.92 Å². The van der Waals surface area contributed by atoms with E-state index in [4.69, 9.17) is 4.55 Å². The summed E-state index contributed by atoms with van der Waals surface area (Å²) in [5.41, 5.74) is 0.956. The van der Waals surface area contributed by atoms with E-state index in [0.29, 0.717) is 0 Å². The summed E-state index contributed by atoms with van der Waals surface area (Å²) < 4.78 is 29.6. The minimum absolute atomic E-state index is 0. The van der Waals surface area contributed by atoms with Crippen LogP contribution in [0.4, 0.5) is 0 Å². The van der Waals surface area contributed by atoms with Crippen LogP contribution in [0.3, 0.4) is 0 Å². The average Bonchev–Trinajstić information content (AvgIpc) is 1.86. The summed E-state index contributed by atoms with van der Waals surface area (Å²) in [5, 5.41) is 0. The molecule has 1 aromatic rings. The molecule has 0 heterocycles. The van der Waals surface area contributed by atoms with Crippen LogP contribution < -0.4 is 0 Å². The van der Waals surface area contributed by atoms with Crippen molar-refractivity contribution in [2.45, 2.75) is 11.8 Å². The first kappa shape index (κ1) is 15.6. The van der Waals surface area contributed by atoms with Gasteiger partial charge in [-0.3, -0.25) is 4.55 Å². The first-order chi connectivity index (χ1) is 5.00. The largest absolute Gasteiger partial charge is 0.294 e. The van der Waals surface area contributed by atoms with Gasteiger partial charge in [-0.15, -0.1) is 0 Å². The summed E-state index contributed by atoms with van der Waals surface area (Å²) in [6.45, 7) is 1.84. The van der Waals surface area contributed by atoms with Gasteiger partial charge in [0.2, 0.25) is 0 Å². The molecule has 0 atom stereocenters. The minimum Gasteiger partial charge on any atom is -0.282 e. The van der Waals surface area contributed by atoms with Gasteiger partial charge in [0.05, 0.1) is 4.90 Å². The predicted molar refractivity (Wildman–Crippen MR) is 41.0 cm³/mol. The third kappa shape index (κ3) is 4.81. The van der Waals surface area contributed by atoms with Gasteiger partial charge in [0.25, 0.3) is 10.1 Å². The Morgan fingerprint density at radius 3 is 1.77 bits per heavy atom. The van der Waals surface area contributed by atoms with Gasteiger partial charge < -0.3 is 0 Å². The van der Waals surface area contributed by atoms with E-state index in [1.165, 1.54) is 12.1 Å². The topological polar surface area (TPSA) is 54.4 Å². The second-order valence-electron chi connectivity index (χ2n) is 2.29. The molecule has 6 heteroatoms. The second-order valence-corrected chi connectivity index (χ2v) is 3.71. The predicted octanol–water partition coefficient (Wildman–Crippen LogP) is 1.24. The zero-order valence-corrected chi connectivity index (χ0v) is 9.71. The van der Waals surface area contributed by atoms with Crippen LogP contribution in [0.2, 0.25) is 0 Å². The summed E-state index contributed by atoms with van der Waals surface area (Å²) in [6, 6.07) is 5.99. The third-order valence-electron chi connectivity index (χ3n) is 1.32. The maximum absolute atomic E-state index is 10.5. The molecular weight excluding hydrogens is 276 g/mol. The molecule has 76 valence electrons. The van der Waals surface area contributed by atoms with Gasteiger partial charge in [-0.25, -0.2) is 0 Å². The molecule has 1 N–H and O–H groups in total. The zero-order chi connectivity index (χ0) is 8.48. The van der Waals surface area contributed by atoms with E-state index < -0.39 is 10.1 Å². The van der Waals surface area contributed by atoms with E-state index in [-0.39, 0.29) is 39.0 Å². The van der Waals surface area contributed by atoms with Gasteiger partial charge in [0, 0.05) is 34.1 Å². The van der Waals surface area contributed by atoms with Crippen LogP contribution in [0.1, 0.15) is 5.56 Å². The first-order valence-corrected chi connectivity index (χ1v) is 4.48. The van der Waals surface area contributed by atoms with Crippen molar-refractivity contribution in [1.82, 2.24) is 0 Å². The van der Waals surface area contributed by atoms with E-state index in [9.17, 15) is 8.42 Å². The zero-order valence-electron chi connectivity index (χ0n) is 6.69. The Morgan fingerprint density at radius 2 is 1.46 bits per heavy atom. The number of rotatable bonds is 1. The minimum atomic E-state index is -4.02. The molecule has 0 aliphatic carbocycles. The maximum Gasteiger partial charge on any atom is 0.294 e. The molecule has 1 aromatic carbocycles. The summed E-state index contributed by atoms with van der Waals surface area (Å²) in [7, 11) is -4.02. The van der Waals surface area contributed by atoms with Crippen molar-refractivity contribution in [1.29, 1.82) is 0 Å². The van der Waals surface area contributed by atoms with Crippen LogP contribution in [0.5, 0.6) is 0 Å². The molecule has 0 aromatic heterocycles. The summed E-state index contributed by atoms with van der Waals surface area (Å²) >= 11 is 0. The van der Waals surface area contributed by atoms with E-state index in [0.717, 1.165) is 5.56 Å². The molecule has 0 amide bonds. The molecule has 13 heavy (non-hydrogen) atoms. The Morgan fingerprint density at radius 1 is 1.08 bits per heavy atom. The molecule has 3 nitrogen and oxygen atoms in total. The molecule has 0 aliphatic heterocycles. The van der Waals surface area contributed by atoms with E-state index in [2.05, 4.69) is 0 Å². The Bertz CT molecular complexity index is 345. The fourth-order valence-corrected chi connectivity index (χ4v) is 1.19. The molecule has 0 bridgehead atoms. The van der Waals surface area contributed by atoms with Gasteiger partial charge in [0.1, 0.15) is 0 Å². The van der Waals surface area contributed by atoms with Crippen molar-refractivity contribution in [3.05, 3.63) is 29.8 Å². The number of hydrogen-bond donors (Lipinski definition) is 1. The molecule has 0 radical (unpaired) electrons. The second kappa shape index (κ2) is 5.81. The first-order valence-electron chi connectivity index (χ1n) is 3.04. The number of aryl methyl sites for hydroxylation is 1. The van der Waals surface area contributed by atoms with Crippen molar-refractivity contribution >= 4 is 10.1 Å². The molecule has 0 fully saturated rings. The molecule has 0 saturated carbocycles. The molecular formula is C7H8Fe2O3S. The van der Waals surface area contributed by atoms with Crippen LogP contribution in [-0.4, -0.2) is 13.0 Å². The summed E-state index contributed by atoms with van der Waals surface area (Å²) in [4.78, 5) is -0.0666. The standard InChI is InChI=1S/C7H8O3S.2Fe/c1-6-2-4-7(5-3-6)11(8,9)10;;/h2-5H,1H3,(H,8,9,10);;. The van der Waals surface area contributed by atoms with E-state index in [1.807, 2.05) is 6.92 Å².